The summed E-state index contributed by atoms with van der Waals surface area (Å²) in [6.45, 7) is 3.49. The predicted molar refractivity (Wildman–Crippen MR) is 100 cm³/mol. The highest BCUT2D eigenvalue weighted by Gasteiger charge is 2.26. The summed E-state index contributed by atoms with van der Waals surface area (Å²) >= 11 is 6.10. The number of aryl methyl sites for hydroxylation is 1. The number of carbonyl (C=O) groups excluding carboxylic acids is 1. The van der Waals surface area contributed by atoms with Crippen molar-refractivity contribution in [3.05, 3.63) is 40.5 Å². The molecule has 1 aromatic carbocycles. The standard InChI is InChI=1S/C16H16ClN5O5S/c1-4-27-14(23)10-6-5-7-11(17)12(10)21-28(24,25)16-19-15-18-13(26-3)9(2)8-22(15)20-16/h5-8,21H,4H2,1-3H3. The molecule has 148 valence electrons. The number of hydrogen-bond donors (Lipinski definition) is 1. The van der Waals surface area contributed by atoms with E-state index in [9.17, 15) is 13.2 Å². The van der Waals surface area contributed by atoms with Gasteiger partial charge in [-0.1, -0.05) is 17.7 Å². The van der Waals surface area contributed by atoms with Crippen LogP contribution in [0.15, 0.2) is 29.6 Å². The van der Waals surface area contributed by atoms with Crippen LogP contribution in [0.5, 0.6) is 5.88 Å². The van der Waals surface area contributed by atoms with E-state index >= 15 is 0 Å². The zero-order valence-corrected chi connectivity index (χ0v) is 16.7. The van der Waals surface area contributed by atoms with Crippen molar-refractivity contribution in [1.29, 1.82) is 0 Å². The van der Waals surface area contributed by atoms with Gasteiger partial charge in [-0.2, -0.15) is 18.4 Å². The maximum absolute atomic E-state index is 12.8. The van der Waals surface area contributed by atoms with Crippen molar-refractivity contribution < 1.29 is 22.7 Å². The number of esters is 1. The molecule has 0 bridgehead atoms. The fourth-order valence-electron chi connectivity index (χ4n) is 2.38. The van der Waals surface area contributed by atoms with Gasteiger partial charge in [-0.15, -0.1) is 5.10 Å². The molecular formula is C16H16ClN5O5S. The summed E-state index contributed by atoms with van der Waals surface area (Å²) in [5.74, 6) is -0.382. The number of nitrogens with zero attached hydrogens (tertiary/aromatic N) is 4. The van der Waals surface area contributed by atoms with Gasteiger partial charge in [0, 0.05) is 11.8 Å². The Hall–Kier alpha value is -2.92. The Bertz CT molecular complexity index is 1160. The molecule has 0 atom stereocenters. The van der Waals surface area contributed by atoms with Crippen LogP contribution in [0.3, 0.4) is 0 Å². The fourth-order valence-corrected chi connectivity index (χ4v) is 3.64. The molecule has 3 aromatic rings. The molecule has 0 saturated carbocycles. The van der Waals surface area contributed by atoms with Gasteiger partial charge in [0.25, 0.3) is 21.0 Å². The molecule has 0 amide bonds. The Morgan fingerprint density at radius 1 is 1.32 bits per heavy atom. The van der Waals surface area contributed by atoms with Crippen LogP contribution in [0.4, 0.5) is 5.69 Å². The van der Waals surface area contributed by atoms with Crippen molar-refractivity contribution in [3.63, 3.8) is 0 Å². The molecule has 10 nitrogen and oxygen atoms in total. The molecule has 2 aromatic heterocycles. The largest absolute Gasteiger partial charge is 0.481 e. The van der Waals surface area contributed by atoms with Gasteiger partial charge in [0.15, 0.2) is 0 Å². The zero-order valence-electron chi connectivity index (χ0n) is 15.1. The van der Waals surface area contributed by atoms with Crippen molar-refractivity contribution in [1.82, 2.24) is 19.6 Å². The quantitative estimate of drug-likeness (QED) is 0.595. The van der Waals surface area contributed by atoms with Gasteiger partial charge < -0.3 is 9.47 Å². The number of methoxy groups -OCH3 is 1. The normalized spacial score (nSPS) is 11.4. The lowest BCUT2D eigenvalue weighted by molar-refractivity contribution is 0.0527. The van der Waals surface area contributed by atoms with Crippen molar-refractivity contribution in [2.24, 2.45) is 0 Å². The molecule has 1 N–H and O–H groups in total. The van der Waals surface area contributed by atoms with E-state index < -0.39 is 21.1 Å². The van der Waals surface area contributed by atoms with Crippen LogP contribution in [0.25, 0.3) is 5.78 Å². The summed E-state index contributed by atoms with van der Waals surface area (Å²) in [6, 6.07) is 4.35. The molecule has 0 aliphatic carbocycles. The highest BCUT2D eigenvalue weighted by molar-refractivity contribution is 7.92. The summed E-state index contributed by atoms with van der Waals surface area (Å²) < 4.78 is 39.1. The number of fused-ring (bicyclic) bond motifs is 1. The number of rotatable bonds is 6. The Kier molecular flexibility index (Phi) is 5.38. The van der Waals surface area contributed by atoms with E-state index in [4.69, 9.17) is 21.1 Å². The first kappa shape index (κ1) is 19.8. The lowest BCUT2D eigenvalue weighted by Crippen LogP contribution is -2.18. The van der Waals surface area contributed by atoms with E-state index in [1.807, 2.05) is 0 Å². The average Bonchev–Trinajstić information content (AvgIpc) is 3.06. The number of carbonyl (C=O) groups is 1. The lowest BCUT2D eigenvalue weighted by Gasteiger charge is -2.11. The Balaban J connectivity index is 2.03. The minimum atomic E-state index is -4.27. The molecule has 0 unspecified atom stereocenters. The Labute approximate surface area is 165 Å². The van der Waals surface area contributed by atoms with Crippen LogP contribution < -0.4 is 9.46 Å². The van der Waals surface area contributed by atoms with E-state index in [2.05, 4.69) is 19.8 Å². The van der Waals surface area contributed by atoms with Gasteiger partial charge in [-0.3, -0.25) is 4.72 Å². The number of anilines is 1. The fraction of sp³-hybridized carbons (Fsp3) is 0.250. The highest BCUT2D eigenvalue weighted by atomic mass is 35.5. The van der Waals surface area contributed by atoms with Gasteiger partial charge in [0.2, 0.25) is 5.88 Å². The van der Waals surface area contributed by atoms with E-state index in [0.29, 0.717) is 11.4 Å². The molecule has 0 aliphatic heterocycles. The van der Waals surface area contributed by atoms with E-state index in [0.717, 1.165) is 0 Å². The SMILES string of the molecule is CCOC(=O)c1cccc(Cl)c1NS(=O)(=O)c1nc2nc(OC)c(C)cn2n1. The van der Waals surface area contributed by atoms with Crippen LogP contribution in [0, 0.1) is 6.92 Å². The maximum Gasteiger partial charge on any atom is 0.340 e. The minimum absolute atomic E-state index is 0.0218. The number of hydrogen-bond acceptors (Lipinski definition) is 8. The third-order valence-corrected chi connectivity index (χ3v) is 5.07. The number of aromatic nitrogens is 4. The summed E-state index contributed by atoms with van der Waals surface area (Å²) in [5.41, 5.74) is 0.494. The lowest BCUT2D eigenvalue weighted by atomic mass is 10.2. The van der Waals surface area contributed by atoms with Crippen molar-refractivity contribution >= 4 is 39.1 Å². The summed E-state index contributed by atoms with van der Waals surface area (Å²) in [5, 5.41) is 3.42. The molecule has 2 heterocycles. The maximum atomic E-state index is 12.8. The number of sulfonamides is 1. The van der Waals surface area contributed by atoms with Crippen LogP contribution in [0.1, 0.15) is 22.8 Å². The number of halogens is 1. The minimum Gasteiger partial charge on any atom is -0.481 e. The third kappa shape index (κ3) is 3.71. The molecule has 0 spiro atoms. The van der Waals surface area contributed by atoms with Gasteiger partial charge >= 0.3 is 5.97 Å². The van der Waals surface area contributed by atoms with Crippen molar-refractivity contribution in [3.8, 4) is 5.88 Å². The zero-order chi connectivity index (χ0) is 20.5. The predicted octanol–water partition coefficient (Wildman–Crippen LogP) is 2.07. The highest BCUT2D eigenvalue weighted by Crippen LogP contribution is 2.29. The first-order valence-electron chi connectivity index (χ1n) is 8.03. The molecule has 12 heteroatoms. The topological polar surface area (TPSA) is 125 Å². The van der Waals surface area contributed by atoms with Gasteiger partial charge in [0.1, 0.15) is 0 Å². The third-order valence-electron chi connectivity index (χ3n) is 3.63. The molecule has 0 radical (unpaired) electrons. The average molecular weight is 426 g/mol. The van der Waals surface area contributed by atoms with Gasteiger partial charge in [-0.05, 0) is 26.0 Å². The molecular weight excluding hydrogens is 410 g/mol. The Morgan fingerprint density at radius 3 is 2.75 bits per heavy atom. The van der Waals surface area contributed by atoms with Crippen LogP contribution in [-0.2, 0) is 14.8 Å². The van der Waals surface area contributed by atoms with Crippen LogP contribution >= 0.6 is 11.6 Å². The summed E-state index contributed by atoms with van der Waals surface area (Å²) in [6.07, 6.45) is 1.53. The van der Waals surface area contributed by atoms with E-state index in [1.54, 1.807) is 13.8 Å². The van der Waals surface area contributed by atoms with E-state index in [1.165, 1.54) is 36.0 Å². The van der Waals surface area contributed by atoms with Crippen LogP contribution in [-0.4, -0.2) is 47.7 Å². The number of ether oxygens (including phenoxy) is 2. The summed E-state index contributed by atoms with van der Waals surface area (Å²) in [7, 11) is -2.83. The second kappa shape index (κ2) is 7.60. The summed E-state index contributed by atoms with van der Waals surface area (Å²) in [4.78, 5) is 20.1. The molecule has 0 saturated heterocycles. The van der Waals surface area contributed by atoms with Crippen molar-refractivity contribution in [2.75, 3.05) is 18.4 Å². The second-order valence-electron chi connectivity index (χ2n) is 5.56. The number of nitrogens with one attached hydrogen (secondary N) is 1. The van der Waals surface area contributed by atoms with Crippen LogP contribution in [0.2, 0.25) is 5.02 Å². The molecule has 3 rings (SSSR count). The first-order chi connectivity index (χ1) is 13.3. The molecule has 0 aliphatic rings. The van der Waals surface area contributed by atoms with Crippen molar-refractivity contribution in [2.45, 2.75) is 19.0 Å². The van der Waals surface area contributed by atoms with E-state index in [-0.39, 0.29) is 28.7 Å². The van der Waals surface area contributed by atoms with Gasteiger partial charge in [0.05, 0.1) is 30.0 Å². The smallest absolute Gasteiger partial charge is 0.340 e. The monoisotopic (exact) mass is 425 g/mol. The second-order valence-corrected chi connectivity index (χ2v) is 7.54. The number of benzene rings is 1. The number of para-hydroxylation sites is 1. The first-order valence-corrected chi connectivity index (χ1v) is 9.89. The Morgan fingerprint density at radius 2 is 2.07 bits per heavy atom. The molecule has 28 heavy (non-hydrogen) atoms. The van der Waals surface area contributed by atoms with Gasteiger partial charge in [-0.25, -0.2) is 9.31 Å². The molecule has 0 fully saturated rings.